The molecule has 1 fully saturated rings. The summed E-state index contributed by atoms with van der Waals surface area (Å²) in [6, 6.07) is 10.1. The molecule has 3 amide bonds. The van der Waals surface area contributed by atoms with E-state index in [-0.39, 0.29) is 34.0 Å². The van der Waals surface area contributed by atoms with Crippen molar-refractivity contribution in [3.05, 3.63) is 69.9 Å². The van der Waals surface area contributed by atoms with Crippen LogP contribution in [0.2, 0.25) is 0 Å². The van der Waals surface area contributed by atoms with Crippen LogP contribution in [0.1, 0.15) is 21.5 Å². The molecule has 0 atom stereocenters. The molecular formula is C21H20FN3O5S2. The van der Waals surface area contributed by atoms with E-state index >= 15 is 0 Å². The maximum atomic E-state index is 13.8. The summed E-state index contributed by atoms with van der Waals surface area (Å²) in [7, 11) is -2.45. The van der Waals surface area contributed by atoms with Crippen LogP contribution in [-0.2, 0) is 14.8 Å². The molecule has 32 heavy (non-hydrogen) atoms. The number of thioether (sulfide) groups is 1. The number of carbonyl (C=O) groups is 3. The summed E-state index contributed by atoms with van der Waals surface area (Å²) >= 11 is 0.696. The summed E-state index contributed by atoms with van der Waals surface area (Å²) in [5.74, 6) is -1.62. The molecule has 2 N–H and O–H groups in total. The Kier molecular flexibility index (Phi) is 7.12. The topological polar surface area (TPSA) is 113 Å². The van der Waals surface area contributed by atoms with Gasteiger partial charge in [-0.2, -0.15) is 0 Å². The van der Waals surface area contributed by atoms with Crippen LogP contribution in [0.5, 0.6) is 0 Å². The molecule has 0 saturated carbocycles. The van der Waals surface area contributed by atoms with Gasteiger partial charge in [-0.1, -0.05) is 24.3 Å². The number of benzene rings is 2. The van der Waals surface area contributed by atoms with Gasteiger partial charge in [0.2, 0.25) is 10.0 Å². The number of halogens is 1. The van der Waals surface area contributed by atoms with Crippen LogP contribution in [0, 0.1) is 12.7 Å². The van der Waals surface area contributed by atoms with E-state index in [2.05, 4.69) is 10.0 Å². The van der Waals surface area contributed by atoms with Gasteiger partial charge < -0.3 is 5.32 Å². The SMILES string of the molecule is CNS(=O)(=O)c1ccc(C)c(C(=O)NCCN2C(=O)S/C(=C\c3ccccc3F)C2=O)c1. The summed E-state index contributed by atoms with van der Waals surface area (Å²) in [4.78, 5) is 38.3. The minimum Gasteiger partial charge on any atom is -0.350 e. The highest BCUT2D eigenvalue weighted by atomic mass is 32.2. The fraction of sp³-hybridized carbons (Fsp3) is 0.190. The molecule has 8 nitrogen and oxygen atoms in total. The van der Waals surface area contributed by atoms with Crippen molar-refractivity contribution in [1.29, 1.82) is 0 Å². The van der Waals surface area contributed by atoms with Gasteiger partial charge in [-0.25, -0.2) is 17.5 Å². The number of aryl methyl sites for hydroxylation is 1. The maximum absolute atomic E-state index is 13.8. The highest BCUT2D eigenvalue weighted by Crippen LogP contribution is 2.32. The molecule has 1 heterocycles. The number of nitrogens with zero attached hydrogens (tertiary/aromatic N) is 1. The monoisotopic (exact) mass is 477 g/mol. The highest BCUT2D eigenvalue weighted by Gasteiger charge is 2.34. The van der Waals surface area contributed by atoms with Crippen LogP contribution >= 0.6 is 11.8 Å². The van der Waals surface area contributed by atoms with Gasteiger partial charge in [-0.05, 0) is 55.6 Å². The molecule has 11 heteroatoms. The molecule has 0 unspecified atom stereocenters. The molecule has 1 aliphatic heterocycles. The lowest BCUT2D eigenvalue weighted by atomic mass is 10.1. The molecule has 2 aromatic rings. The predicted octanol–water partition coefficient (Wildman–Crippen LogP) is 2.51. The second-order valence-corrected chi connectivity index (χ2v) is 9.67. The Morgan fingerprint density at radius 1 is 1.19 bits per heavy atom. The van der Waals surface area contributed by atoms with E-state index in [1.807, 2.05) is 0 Å². The van der Waals surface area contributed by atoms with Crippen LogP contribution < -0.4 is 10.0 Å². The van der Waals surface area contributed by atoms with E-state index in [4.69, 9.17) is 0 Å². The number of hydrogen-bond acceptors (Lipinski definition) is 6. The Morgan fingerprint density at radius 3 is 2.59 bits per heavy atom. The minimum absolute atomic E-state index is 0.0354. The summed E-state index contributed by atoms with van der Waals surface area (Å²) in [5, 5.41) is 2.07. The molecule has 0 bridgehead atoms. The zero-order valence-corrected chi connectivity index (χ0v) is 18.8. The maximum Gasteiger partial charge on any atom is 0.293 e. The Labute approximate surface area is 188 Å². The number of imide groups is 1. The highest BCUT2D eigenvalue weighted by molar-refractivity contribution is 8.18. The number of sulfonamides is 1. The Balaban J connectivity index is 1.66. The molecule has 2 aromatic carbocycles. The van der Waals surface area contributed by atoms with Crippen molar-refractivity contribution in [3.8, 4) is 0 Å². The molecular weight excluding hydrogens is 457 g/mol. The van der Waals surface area contributed by atoms with Crippen molar-refractivity contribution >= 4 is 44.9 Å². The summed E-state index contributed by atoms with van der Waals surface area (Å²) in [5.41, 5.74) is 0.921. The van der Waals surface area contributed by atoms with Crippen molar-refractivity contribution in [2.75, 3.05) is 20.1 Å². The standard InChI is InChI=1S/C21H20FN3O5S2/c1-13-7-8-15(32(29,30)23-2)12-16(13)19(26)24-9-10-25-20(27)18(31-21(25)28)11-14-5-3-4-6-17(14)22/h3-8,11-12,23H,9-10H2,1-2H3,(H,24,26)/b18-11-. The van der Waals surface area contributed by atoms with Crippen molar-refractivity contribution in [2.24, 2.45) is 0 Å². The molecule has 1 saturated heterocycles. The Hall–Kier alpha value is -3.02. The minimum atomic E-state index is -3.72. The lowest BCUT2D eigenvalue weighted by molar-refractivity contribution is -0.122. The van der Waals surface area contributed by atoms with Crippen LogP contribution in [-0.4, -0.2) is 50.5 Å². The molecule has 0 aliphatic carbocycles. The first kappa shape index (κ1) is 23.6. The second kappa shape index (κ2) is 9.63. The number of carbonyl (C=O) groups excluding carboxylic acids is 3. The van der Waals surface area contributed by atoms with Crippen LogP contribution in [0.25, 0.3) is 6.08 Å². The van der Waals surface area contributed by atoms with E-state index in [0.29, 0.717) is 17.3 Å². The first-order valence-corrected chi connectivity index (χ1v) is 11.8. The first-order chi connectivity index (χ1) is 15.1. The van der Waals surface area contributed by atoms with Gasteiger partial charge in [0.05, 0.1) is 9.80 Å². The van der Waals surface area contributed by atoms with Crippen LogP contribution in [0.15, 0.2) is 52.3 Å². The smallest absolute Gasteiger partial charge is 0.293 e. The van der Waals surface area contributed by atoms with Crippen molar-refractivity contribution in [3.63, 3.8) is 0 Å². The number of rotatable bonds is 7. The molecule has 3 rings (SSSR count). The number of amides is 3. The average Bonchev–Trinajstić information content (AvgIpc) is 3.02. The van der Waals surface area contributed by atoms with E-state index in [1.165, 1.54) is 49.5 Å². The summed E-state index contributed by atoms with van der Waals surface area (Å²) < 4.78 is 40.0. The third-order valence-electron chi connectivity index (χ3n) is 4.72. The van der Waals surface area contributed by atoms with Gasteiger partial charge >= 0.3 is 0 Å². The Bertz CT molecular complexity index is 1230. The van der Waals surface area contributed by atoms with E-state index in [0.717, 1.165) is 4.90 Å². The predicted molar refractivity (Wildman–Crippen MR) is 119 cm³/mol. The normalized spacial score (nSPS) is 15.5. The molecule has 168 valence electrons. The van der Waals surface area contributed by atoms with Gasteiger partial charge in [0, 0.05) is 24.2 Å². The van der Waals surface area contributed by atoms with Crippen molar-refractivity contribution in [2.45, 2.75) is 11.8 Å². The van der Waals surface area contributed by atoms with Gasteiger partial charge in [0.25, 0.3) is 17.1 Å². The summed E-state index contributed by atoms with van der Waals surface area (Å²) in [6.07, 6.45) is 1.32. The van der Waals surface area contributed by atoms with E-state index in [1.54, 1.807) is 13.0 Å². The molecule has 0 radical (unpaired) electrons. The first-order valence-electron chi connectivity index (χ1n) is 9.46. The average molecular weight is 478 g/mol. The lowest BCUT2D eigenvalue weighted by Gasteiger charge is -2.14. The zero-order valence-electron chi connectivity index (χ0n) is 17.2. The van der Waals surface area contributed by atoms with Gasteiger partial charge in [-0.3, -0.25) is 19.3 Å². The number of hydrogen-bond donors (Lipinski definition) is 2. The third-order valence-corrected chi connectivity index (χ3v) is 7.04. The Morgan fingerprint density at radius 2 is 1.91 bits per heavy atom. The molecule has 0 aromatic heterocycles. The van der Waals surface area contributed by atoms with Crippen molar-refractivity contribution in [1.82, 2.24) is 14.9 Å². The quantitative estimate of drug-likeness (QED) is 0.593. The van der Waals surface area contributed by atoms with E-state index < -0.39 is 32.9 Å². The van der Waals surface area contributed by atoms with Crippen molar-refractivity contribution < 1.29 is 27.2 Å². The van der Waals surface area contributed by atoms with Crippen LogP contribution in [0.3, 0.4) is 0 Å². The zero-order chi connectivity index (χ0) is 23.5. The second-order valence-electron chi connectivity index (χ2n) is 6.80. The fourth-order valence-corrected chi connectivity index (χ4v) is 4.55. The summed E-state index contributed by atoms with van der Waals surface area (Å²) in [6.45, 7) is 1.54. The molecule has 0 spiro atoms. The van der Waals surface area contributed by atoms with Gasteiger partial charge in [-0.15, -0.1) is 0 Å². The van der Waals surface area contributed by atoms with Crippen LogP contribution in [0.4, 0.5) is 9.18 Å². The van der Waals surface area contributed by atoms with Gasteiger partial charge in [0.1, 0.15) is 5.82 Å². The lowest BCUT2D eigenvalue weighted by Crippen LogP contribution is -2.37. The van der Waals surface area contributed by atoms with E-state index in [9.17, 15) is 27.2 Å². The fourth-order valence-electron chi connectivity index (χ4n) is 2.93. The molecule has 1 aliphatic rings. The largest absolute Gasteiger partial charge is 0.350 e. The third kappa shape index (κ3) is 5.06. The van der Waals surface area contributed by atoms with Gasteiger partial charge in [0.15, 0.2) is 0 Å². The number of nitrogens with one attached hydrogen (secondary N) is 2.